The number of hydrogen-bond acceptors (Lipinski definition) is 2. The molecule has 0 fully saturated rings. The predicted octanol–water partition coefficient (Wildman–Crippen LogP) is 2.08. The second kappa shape index (κ2) is 1.91. The highest BCUT2D eigenvalue weighted by Gasteiger charge is 2.26. The van der Waals surface area contributed by atoms with Gasteiger partial charge in [-0.3, -0.25) is 0 Å². The minimum absolute atomic E-state index is 0.0730. The van der Waals surface area contributed by atoms with Crippen molar-refractivity contribution in [3.63, 3.8) is 0 Å². The van der Waals surface area contributed by atoms with E-state index in [1.165, 1.54) is 5.56 Å². The van der Waals surface area contributed by atoms with Gasteiger partial charge in [-0.05, 0) is 6.07 Å². The molecule has 0 radical (unpaired) electrons. The Hall–Kier alpha value is -1.18. The molecule has 2 rings (SSSR count). The van der Waals surface area contributed by atoms with Gasteiger partial charge in [-0.25, -0.2) is 9.98 Å². The lowest BCUT2D eigenvalue weighted by Crippen LogP contribution is -2.14. The number of fused-ring (bicyclic) bond motifs is 1. The average Bonchev–Trinajstić information content (AvgIpc) is 2.29. The first kappa shape index (κ1) is 6.53. The fourth-order valence-electron chi connectivity index (χ4n) is 1.29. The van der Waals surface area contributed by atoms with Crippen molar-refractivity contribution in [1.29, 1.82) is 0 Å². The van der Waals surface area contributed by atoms with Gasteiger partial charge in [-0.15, -0.1) is 0 Å². The third-order valence-corrected chi connectivity index (χ3v) is 1.99. The molecule has 1 aromatic heterocycles. The molecule has 0 unspecified atom stereocenters. The molecule has 1 aromatic rings. The molecule has 0 bridgehead atoms. The topological polar surface area (TPSA) is 25.2 Å². The Balaban J connectivity index is 2.64. The summed E-state index contributed by atoms with van der Waals surface area (Å²) in [4.78, 5) is 8.37. The van der Waals surface area contributed by atoms with Crippen LogP contribution in [-0.2, 0) is 5.41 Å². The number of rotatable bonds is 0. The van der Waals surface area contributed by atoms with Crippen molar-refractivity contribution in [3.8, 4) is 0 Å². The van der Waals surface area contributed by atoms with E-state index in [2.05, 4.69) is 29.9 Å². The van der Waals surface area contributed by atoms with E-state index in [1.54, 1.807) is 6.20 Å². The normalized spacial score (nSPS) is 18.4. The summed E-state index contributed by atoms with van der Waals surface area (Å²) in [5.74, 6) is 0.873. The molecule has 1 aliphatic heterocycles. The molecule has 0 aliphatic carbocycles. The maximum absolute atomic E-state index is 4.22. The zero-order valence-corrected chi connectivity index (χ0v) is 6.70. The molecule has 0 saturated carbocycles. The molecule has 0 atom stereocenters. The van der Waals surface area contributed by atoms with Crippen LogP contribution in [0.4, 0.5) is 5.82 Å². The lowest BCUT2D eigenvalue weighted by Gasteiger charge is -2.13. The van der Waals surface area contributed by atoms with E-state index < -0.39 is 0 Å². The van der Waals surface area contributed by atoms with Crippen LogP contribution >= 0.6 is 0 Å². The largest absolute Gasteiger partial charge is 0.240 e. The summed E-state index contributed by atoms with van der Waals surface area (Å²) in [7, 11) is 0. The predicted molar refractivity (Wildman–Crippen MR) is 45.4 cm³/mol. The number of aliphatic imine (C=N–C) groups is 1. The van der Waals surface area contributed by atoms with E-state index in [4.69, 9.17) is 0 Å². The lowest BCUT2D eigenvalue weighted by atomic mass is 9.88. The summed E-state index contributed by atoms with van der Waals surface area (Å²) >= 11 is 0. The van der Waals surface area contributed by atoms with Crippen LogP contribution in [-0.4, -0.2) is 11.2 Å². The molecule has 0 amide bonds. The highest BCUT2D eigenvalue weighted by molar-refractivity contribution is 5.82. The van der Waals surface area contributed by atoms with E-state index in [-0.39, 0.29) is 5.41 Å². The van der Waals surface area contributed by atoms with Gasteiger partial charge in [-0.1, -0.05) is 19.9 Å². The Labute approximate surface area is 66.0 Å². The van der Waals surface area contributed by atoms with E-state index in [1.807, 2.05) is 12.3 Å². The van der Waals surface area contributed by atoms with Gasteiger partial charge in [0, 0.05) is 23.4 Å². The maximum atomic E-state index is 4.22. The molecular formula is C9H10N2. The molecule has 56 valence electrons. The Morgan fingerprint density at radius 3 is 2.91 bits per heavy atom. The van der Waals surface area contributed by atoms with Gasteiger partial charge in [0.15, 0.2) is 5.82 Å². The molecule has 0 saturated heterocycles. The van der Waals surface area contributed by atoms with Gasteiger partial charge in [0.2, 0.25) is 0 Å². The smallest absolute Gasteiger partial charge is 0.155 e. The number of aromatic nitrogens is 1. The minimum Gasteiger partial charge on any atom is -0.240 e. The fraction of sp³-hybridized carbons (Fsp3) is 0.333. The first-order chi connectivity index (χ1) is 5.20. The van der Waals surface area contributed by atoms with E-state index in [9.17, 15) is 0 Å². The second-order valence-corrected chi connectivity index (χ2v) is 3.35. The molecule has 0 spiro atoms. The molecule has 0 N–H and O–H groups in total. The van der Waals surface area contributed by atoms with Gasteiger partial charge in [0.25, 0.3) is 0 Å². The van der Waals surface area contributed by atoms with Crippen molar-refractivity contribution in [2.45, 2.75) is 19.3 Å². The standard InChI is InChI=1S/C9H10N2/c1-9(2)6-11-8-7(9)4-3-5-10-8/h3-6H,1-2H3. The van der Waals surface area contributed by atoms with E-state index >= 15 is 0 Å². The van der Waals surface area contributed by atoms with Crippen LogP contribution in [0.5, 0.6) is 0 Å². The fourth-order valence-corrected chi connectivity index (χ4v) is 1.29. The van der Waals surface area contributed by atoms with Crippen molar-refractivity contribution in [1.82, 2.24) is 4.98 Å². The van der Waals surface area contributed by atoms with Crippen molar-refractivity contribution < 1.29 is 0 Å². The van der Waals surface area contributed by atoms with Crippen LogP contribution in [0.1, 0.15) is 19.4 Å². The Morgan fingerprint density at radius 2 is 2.18 bits per heavy atom. The van der Waals surface area contributed by atoms with Gasteiger partial charge >= 0.3 is 0 Å². The quantitative estimate of drug-likeness (QED) is 0.550. The summed E-state index contributed by atoms with van der Waals surface area (Å²) in [5.41, 5.74) is 1.30. The molecule has 0 aromatic carbocycles. The summed E-state index contributed by atoms with van der Waals surface area (Å²) in [5, 5.41) is 0. The molecular weight excluding hydrogens is 136 g/mol. The summed E-state index contributed by atoms with van der Waals surface area (Å²) in [6, 6.07) is 4.03. The van der Waals surface area contributed by atoms with Crippen molar-refractivity contribution in [3.05, 3.63) is 23.9 Å². The molecule has 11 heavy (non-hydrogen) atoms. The van der Waals surface area contributed by atoms with Gasteiger partial charge < -0.3 is 0 Å². The molecule has 2 heterocycles. The van der Waals surface area contributed by atoms with Crippen LogP contribution in [0, 0.1) is 0 Å². The van der Waals surface area contributed by atoms with Gasteiger partial charge in [0.05, 0.1) is 0 Å². The van der Waals surface area contributed by atoms with Crippen LogP contribution < -0.4 is 0 Å². The third-order valence-electron chi connectivity index (χ3n) is 1.99. The van der Waals surface area contributed by atoms with Crippen molar-refractivity contribution in [2.75, 3.05) is 0 Å². The minimum atomic E-state index is 0.0730. The highest BCUT2D eigenvalue weighted by atomic mass is 14.9. The average molecular weight is 146 g/mol. The first-order valence-corrected chi connectivity index (χ1v) is 3.71. The molecule has 2 heteroatoms. The molecule has 1 aliphatic rings. The van der Waals surface area contributed by atoms with Crippen molar-refractivity contribution >= 4 is 12.0 Å². The summed E-state index contributed by atoms with van der Waals surface area (Å²) in [6.07, 6.45) is 3.72. The SMILES string of the molecule is CC1(C)C=Nc2ncccc21. The van der Waals surface area contributed by atoms with E-state index in [0.29, 0.717) is 0 Å². The zero-order valence-electron chi connectivity index (χ0n) is 6.70. The number of hydrogen-bond donors (Lipinski definition) is 0. The Morgan fingerprint density at radius 1 is 1.36 bits per heavy atom. The maximum Gasteiger partial charge on any atom is 0.155 e. The van der Waals surface area contributed by atoms with Crippen LogP contribution in [0.15, 0.2) is 23.3 Å². The van der Waals surface area contributed by atoms with Crippen LogP contribution in [0.3, 0.4) is 0 Å². The van der Waals surface area contributed by atoms with Crippen LogP contribution in [0.25, 0.3) is 0 Å². The molecule has 2 nitrogen and oxygen atoms in total. The summed E-state index contributed by atoms with van der Waals surface area (Å²) in [6.45, 7) is 4.29. The van der Waals surface area contributed by atoms with E-state index in [0.717, 1.165) is 5.82 Å². The van der Waals surface area contributed by atoms with Gasteiger partial charge in [-0.2, -0.15) is 0 Å². The van der Waals surface area contributed by atoms with Crippen molar-refractivity contribution in [2.24, 2.45) is 4.99 Å². The monoisotopic (exact) mass is 146 g/mol. The Kier molecular flexibility index (Phi) is 1.13. The second-order valence-electron chi connectivity index (χ2n) is 3.35. The highest BCUT2D eigenvalue weighted by Crippen LogP contribution is 2.33. The Bertz CT molecular complexity index is 313. The third kappa shape index (κ3) is 0.862. The first-order valence-electron chi connectivity index (χ1n) is 3.71. The number of pyridine rings is 1. The lowest BCUT2D eigenvalue weighted by molar-refractivity contribution is 0.750. The number of nitrogens with zero attached hydrogens (tertiary/aromatic N) is 2. The van der Waals surface area contributed by atoms with Gasteiger partial charge in [0.1, 0.15) is 0 Å². The van der Waals surface area contributed by atoms with Crippen LogP contribution in [0.2, 0.25) is 0 Å². The zero-order chi connectivity index (χ0) is 7.90. The summed E-state index contributed by atoms with van der Waals surface area (Å²) < 4.78 is 0.